The third-order valence-electron chi connectivity index (χ3n) is 2.24. The van der Waals surface area contributed by atoms with E-state index >= 15 is 0 Å². The molecule has 1 saturated carbocycles. The molecule has 0 amide bonds. The standard InChI is InChI=1S/C9H13IO2/c10-8(9(11)12)6-7-4-2-1-3-5-7/h6-7H,1-5H2,(H,11,12)/b8-6-. The van der Waals surface area contributed by atoms with Gasteiger partial charge in [-0.2, -0.15) is 0 Å². The Morgan fingerprint density at radius 2 is 1.92 bits per heavy atom. The minimum atomic E-state index is -0.791. The highest BCUT2D eigenvalue weighted by atomic mass is 127. The zero-order valence-electron chi connectivity index (χ0n) is 6.92. The first-order valence-corrected chi connectivity index (χ1v) is 5.38. The van der Waals surface area contributed by atoms with Crippen LogP contribution in [0.25, 0.3) is 0 Å². The molecule has 0 unspecified atom stereocenters. The van der Waals surface area contributed by atoms with Gasteiger partial charge in [0.2, 0.25) is 0 Å². The van der Waals surface area contributed by atoms with E-state index in [0.29, 0.717) is 9.50 Å². The van der Waals surface area contributed by atoms with Gasteiger partial charge in [-0.3, -0.25) is 0 Å². The molecule has 0 heterocycles. The summed E-state index contributed by atoms with van der Waals surface area (Å²) >= 11 is 1.90. The highest BCUT2D eigenvalue weighted by Gasteiger charge is 2.13. The number of hydrogen-bond acceptors (Lipinski definition) is 1. The summed E-state index contributed by atoms with van der Waals surface area (Å²) in [6, 6.07) is 0. The molecule has 0 aromatic heterocycles. The fraction of sp³-hybridized carbons (Fsp3) is 0.667. The molecular formula is C9H13IO2. The van der Waals surface area contributed by atoms with Gasteiger partial charge in [-0.15, -0.1) is 0 Å². The summed E-state index contributed by atoms with van der Waals surface area (Å²) in [6.07, 6.45) is 8.06. The fourth-order valence-electron chi connectivity index (χ4n) is 1.58. The lowest BCUT2D eigenvalue weighted by atomic mass is 9.89. The van der Waals surface area contributed by atoms with Crippen LogP contribution < -0.4 is 0 Å². The maximum Gasteiger partial charge on any atom is 0.341 e. The van der Waals surface area contributed by atoms with Crippen molar-refractivity contribution in [3.63, 3.8) is 0 Å². The Hall–Kier alpha value is -0.0600. The number of halogens is 1. The number of carboxylic acid groups (broad SMARTS) is 1. The van der Waals surface area contributed by atoms with Gasteiger partial charge < -0.3 is 5.11 Å². The van der Waals surface area contributed by atoms with E-state index in [9.17, 15) is 4.79 Å². The minimum Gasteiger partial charge on any atom is -0.477 e. The predicted molar refractivity (Wildman–Crippen MR) is 56.3 cm³/mol. The van der Waals surface area contributed by atoms with Crippen molar-refractivity contribution in [2.45, 2.75) is 32.1 Å². The van der Waals surface area contributed by atoms with Gasteiger partial charge in [0, 0.05) is 0 Å². The molecule has 0 radical (unpaired) electrons. The smallest absolute Gasteiger partial charge is 0.341 e. The van der Waals surface area contributed by atoms with E-state index in [1.807, 2.05) is 28.7 Å². The van der Waals surface area contributed by atoms with Crippen LogP contribution in [-0.4, -0.2) is 11.1 Å². The molecule has 2 nitrogen and oxygen atoms in total. The molecule has 0 spiro atoms. The molecule has 12 heavy (non-hydrogen) atoms. The summed E-state index contributed by atoms with van der Waals surface area (Å²) in [6.45, 7) is 0. The summed E-state index contributed by atoms with van der Waals surface area (Å²) in [5, 5.41) is 8.64. The van der Waals surface area contributed by atoms with Gasteiger partial charge in [0.25, 0.3) is 0 Å². The van der Waals surface area contributed by atoms with E-state index in [1.54, 1.807) is 0 Å². The van der Waals surface area contributed by atoms with Crippen LogP contribution in [0.2, 0.25) is 0 Å². The molecule has 0 atom stereocenters. The first-order valence-electron chi connectivity index (χ1n) is 4.31. The first-order chi connectivity index (χ1) is 5.70. The molecule has 68 valence electrons. The Kier molecular flexibility index (Phi) is 4.05. The van der Waals surface area contributed by atoms with Gasteiger partial charge in [-0.1, -0.05) is 25.3 Å². The lowest BCUT2D eigenvalue weighted by molar-refractivity contribution is -0.131. The molecule has 1 aliphatic rings. The van der Waals surface area contributed by atoms with Crippen LogP contribution in [0.5, 0.6) is 0 Å². The summed E-state index contributed by atoms with van der Waals surface area (Å²) in [5.74, 6) is -0.275. The molecule has 0 aromatic carbocycles. The SMILES string of the molecule is O=C(O)/C(I)=C/C1CCCCC1. The minimum absolute atomic E-state index is 0.472. The predicted octanol–water partition coefficient (Wildman–Crippen LogP) is 2.97. The third-order valence-corrected chi connectivity index (χ3v) is 3.06. The van der Waals surface area contributed by atoms with Crippen LogP contribution in [0.1, 0.15) is 32.1 Å². The molecule has 1 N–H and O–H groups in total. The van der Waals surface area contributed by atoms with E-state index in [1.165, 1.54) is 32.1 Å². The van der Waals surface area contributed by atoms with Crippen LogP contribution in [-0.2, 0) is 4.79 Å². The maximum atomic E-state index is 10.5. The van der Waals surface area contributed by atoms with Crippen molar-refractivity contribution in [3.05, 3.63) is 9.66 Å². The van der Waals surface area contributed by atoms with Crippen LogP contribution in [0.4, 0.5) is 0 Å². The number of aliphatic carboxylic acids is 1. The second-order valence-electron chi connectivity index (χ2n) is 3.22. The summed E-state index contributed by atoms with van der Waals surface area (Å²) in [4.78, 5) is 10.5. The van der Waals surface area contributed by atoms with E-state index < -0.39 is 5.97 Å². The number of hydrogen-bond donors (Lipinski definition) is 1. The van der Waals surface area contributed by atoms with Gasteiger partial charge in [0.15, 0.2) is 0 Å². The molecule has 0 aliphatic heterocycles. The van der Waals surface area contributed by atoms with Crippen molar-refractivity contribution in [2.75, 3.05) is 0 Å². The lowest BCUT2D eigenvalue weighted by Gasteiger charge is -2.17. The quantitative estimate of drug-likeness (QED) is 0.623. The number of carboxylic acids is 1. The van der Waals surface area contributed by atoms with Crippen LogP contribution >= 0.6 is 22.6 Å². The molecular weight excluding hydrogens is 267 g/mol. The third kappa shape index (κ3) is 3.13. The largest absolute Gasteiger partial charge is 0.477 e. The molecule has 3 heteroatoms. The lowest BCUT2D eigenvalue weighted by Crippen LogP contribution is -2.05. The average Bonchev–Trinajstić information content (AvgIpc) is 2.06. The zero-order valence-corrected chi connectivity index (χ0v) is 9.08. The number of rotatable bonds is 2. The average molecular weight is 280 g/mol. The molecule has 1 fully saturated rings. The van der Waals surface area contributed by atoms with E-state index in [0.717, 1.165) is 0 Å². The van der Waals surface area contributed by atoms with Crippen molar-refractivity contribution in [3.8, 4) is 0 Å². The topological polar surface area (TPSA) is 37.3 Å². The summed E-state index contributed by atoms with van der Waals surface area (Å²) in [5.41, 5.74) is 0. The normalized spacial score (nSPS) is 20.9. The van der Waals surface area contributed by atoms with Crippen molar-refractivity contribution in [2.24, 2.45) is 5.92 Å². The van der Waals surface area contributed by atoms with Crippen LogP contribution in [0, 0.1) is 5.92 Å². The van der Waals surface area contributed by atoms with E-state index in [-0.39, 0.29) is 0 Å². The maximum absolute atomic E-state index is 10.5. The van der Waals surface area contributed by atoms with E-state index in [2.05, 4.69) is 0 Å². The van der Waals surface area contributed by atoms with Gasteiger partial charge in [0.1, 0.15) is 0 Å². The summed E-state index contributed by atoms with van der Waals surface area (Å²) < 4.78 is 0.472. The molecule has 0 bridgehead atoms. The Bertz CT molecular complexity index is 193. The second kappa shape index (κ2) is 4.84. The van der Waals surface area contributed by atoms with Gasteiger partial charge in [0.05, 0.1) is 3.58 Å². The monoisotopic (exact) mass is 280 g/mol. The Morgan fingerprint density at radius 3 is 2.42 bits per heavy atom. The van der Waals surface area contributed by atoms with Crippen LogP contribution in [0.3, 0.4) is 0 Å². The molecule has 1 rings (SSSR count). The second-order valence-corrected chi connectivity index (χ2v) is 4.38. The zero-order chi connectivity index (χ0) is 8.97. The first kappa shape index (κ1) is 10.0. The molecule has 1 aliphatic carbocycles. The Balaban J connectivity index is 2.47. The molecule has 0 aromatic rings. The highest BCUT2D eigenvalue weighted by molar-refractivity contribution is 14.1. The molecule has 0 saturated heterocycles. The Labute approximate surface area is 86.2 Å². The van der Waals surface area contributed by atoms with Gasteiger partial charge in [-0.05, 0) is 41.4 Å². The van der Waals surface area contributed by atoms with Crippen molar-refractivity contribution in [1.82, 2.24) is 0 Å². The van der Waals surface area contributed by atoms with Crippen LogP contribution in [0.15, 0.2) is 9.66 Å². The fourth-order valence-corrected chi connectivity index (χ4v) is 2.09. The van der Waals surface area contributed by atoms with Crippen molar-refractivity contribution >= 4 is 28.6 Å². The summed E-state index contributed by atoms with van der Waals surface area (Å²) in [7, 11) is 0. The van der Waals surface area contributed by atoms with Gasteiger partial charge >= 0.3 is 5.97 Å². The van der Waals surface area contributed by atoms with Gasteiger partial charge in [-0.25, -0.2) is 4.79 Å². The van der Waals surface area contributed by atoms with Crippen molar-refractivity contribution < 1.29 is 9.90 Å². The Morgan fingerprint density at radius 1 is 1.33 bits per heavy atom. The van der Waals surface area contributed by atoms with Crippen molar-refractivity contribution in [1.29, 1.82) is 0 Å². The van der Waals surface area contributed by atoms with E-state index in [4.69, 9.17) is 5.11 Å². The number of allylic oxidation sites excluding steroid dienone is 1. The number of carbonyl (C=O) groups is 1. The highest BCUT2D eigenvalue weighted by Crippen LogP contribution is 2.26.